The topological polar surface area (TPSA) is 94.9 Å². The molecule has 12 heteroatoms. The van der Waals surface area contributed by atoms with Crippen LogP contribution in [0.5, 0.6) is 23.3 Å². The smallest absolute Gasteiger partial charge is 0.273 e. The highest BCUT2D eigenvalue weighted by Gasteiger charge is 2.23. The summed E-state index contributed by atoms with van der Waals surface area (Å²) in [6.07, 6.45) is 0.924. The third kappa shape index (κ3) is 5.06. The Labute approximate surface area is 184 Å². The van der Waals surface area contributed by atoms with Gasteiger partial charge in [0.25, 0.3) is 17.7 Å². The van der Waals surface area contributed by atoms with Crippen molar-refractivity contribution in [2.24, 2.45) is 5.16 Å². The molecule has 0 saturated carbocycles. The SMILES string of the molecule is CNC(=O)/C(=N/OC)c1ccc(F)cc1Oc1ncnc(Oc2ccc(F)cc2Cl)c1F. The molecule has 3 aromatic rings. The molecular weight excluding hydrogens is 453 g/mol. The van der Waals surface area contributed by atoms with Crippen LogP contribution in [-0.4, -0.2) is 35.7 Å². The first-order valence-corrected chi connectivity index (χ1v) is 9.16. The van der Waals surface area contributed by atoms with Crippen molar-refractivity contribution in [2.45, 2.75) is 0 Å². The summed E-state index contributed by atoms with van der Waals surface area (Å²) in [7, 11) is 2.56. The number of benzene rings is 2. The molecular formula is C20H14ClF3N4O4. The second-order valence-electron chi connectivity index (χ2n) is 5.92. The first kappa shape index (κ1) is 22.8. The van der Waals surface area contributed by atoms with Gasteiger partial charge < -0.3 is 19.6 Å². The maximum absolute atomic E-state index is 14.9. The summed E-state index contributed by atoms with van der Waals surface area (Å²) in [5.74, 6) is -4.76. The average molecular weight is 467 g/mol. The van der Waals surface area contributed by atoms with Gasteiger partial charge in [-0.2, -0.15) is 14.4 Å². The number of amides is 1. The highest BCUT2D eigenvalue weighted by atomic mass is 35.5. The van der Waals surface area contributed by atoms with Crippen LogP contribution in [0.25, 0.3) is 0 Å². The molecule has 0 radical (unpaired) electrons. The summed E-state index contributed by atoms with van der Waals surface area (Å²) in [5, 5.41) is 5.85. The van der Waals surface area contributed by atoms with Crippen LogP contribution >= 0.6 is 11.6 Å². The second-order valence-corrected chi connectivity index (χ2v) is 6.33. The fourth-order valence-electron chi connectivity index (χ4n) is 2.45. The predicted molar refractivity (Wildman–Crippen MR) is 108 cm³/mol. The first-order chi connectivity index (χ1) is 15.3. The van der Waals surface area contributed by atoms with Gasteiger partial charge in [-0.15, -0.1) is 0 Å². The van der Waals surface area contributed by atoms with Crippen LogP contribution in [0, 0.1) is 17.5 Å². The number of nitrogens with one attached hydrogen (secondary N) is 1. The second kappa shape index (κ2) is 9.96. The zero-order valence-corrected chi connectivity index (χ0v) is 17.3. The Bertz CT molecular complexity index is 1190. The van der Waals surface area contributed by atoms with E-state index in [4.69, 9.17) is 21.1 Å². The number of carbonyl (C=O) groups is 1. The minimum atomic E-state index is -1.16. The highest BCUT2D eigenvalue weighted by Crippen LogP contribution is 2.34. The van der Waals surface area contributed by atoms with Crippen LogP contribution in [0.15, 0.2) is 47.9 Å². The molecule has 0 unspecified atom stereocenters. The van der Waals surface area contributed by atoms with E-state index in [0.717, 1.165) is 30.6 Å². The third-order valence-electron chi connectivity index (χ3n) is 3.86. The Morgan fingerprint density at radius 3 is 2.25 bits per heavy atom. The average Bonchev–Trinajstić information content (AvgIpc) is 2.76. The molecule has 0 saturated heterocycles. The van der Waals surface area contributed by atoms with E-state index >= 15 is 0 Å². The van der Waals surface area contributed by atoms with E-state index in [0.29, 0.717) is 0 Å². The number of ether oxygens (including phenoxy) is 2. The highest BCUT2D eigenvalue weighted by molar-refractivity contribution is 6.45. The van der Waals surface area contributed by atoms with Crippen molar-refractivity contribution in [3.63, 3.8) is 0 Å². The molecule has 0 bridgehead atoms. The van der Waals surface area contributed by atoms with Gasteiger partial charge in [0.2, 0.25) is 5.82 Å². The molecule has 0 spiro atoms. The Morgan fingerprint density at radius 1 is 1.00 bits per heavy atom. The molecule has 1 aromatic heterocycles. The van der Waals surface area contributed by atoms with Gasteiger partial charge in [-0.25, -0.2) is 8.78 Å². The lowest BCUT2D eigenvalue weighted by atomic mass is 10.1. The van der Waals surface area contributed by atoms with Gasteiger partial charge in [-0.1, -0.05) is 16.8 Å². The van der Waals surface area contributed by atoms with Gasteiger partial charge in [0, 0.05) is 13.1 Å². The van der Waals surface area contributed by atoms with Crippen molar-refractivity contribution in [3.05, 3.63) is 70.8 Å². The molecule has 0 atom stereocenters. The number of carbonyl (C=O) groups excluding carboxylic acids is 1. The van der Waals surface area contributed by atoms with Crippen molar-refractivity contribution >= 4 is 23.2 Å². The Balaban J connectivity index is 1.99. The molecule has 32 heavy (non-hydrogen) atoms. The lowest BCUT2D eigenvalue weighted by Gasteiger charge is -2.13. The monoisotopic (exact) mass is 466 g/mol. The lowest BCUT2D eigenvalue weighted by molar-refractivity contribution is -0.114. The van der Waals surface area contributed by atoms with Gasteiger partial charge in [-0.05, 0) is 30.3 Å². The van der Waals surface area contributed by atoms with Crippen molar-refractivity contribution in [3.8, 4) is 23.3 Å². The number of likely N-dealkylation sites (N-methyl/N-ethyl adjacent to an activating group) is 1. The Morgan fingerprint density at radius 2 is 1.62 bits per heavy atom. The number of hydrogen-bond donors (Lipinski definition) is 1. The van der Waals surface area contributed by atoms with Gasteiger partial charge in [0.05, 0.1) is 10.6 Å². The summed E-state index contributed by atoms with van der Waals surface area (Å²) in [5.41, 5.74) is -0.260. The first-order valence-electron chi connectivity index (χ1n) is 8.78. The summed E-state index contributed by atoms with van der Waals surface area (Å²) >= 11 is 5.88. The minimum absolute atomic E-state index is 0.00494. The Kier molecular flexibility index (Phi) is 7.11. The quantitative estimate of drug-likeness (QED) is 0.413. The number of oxime groups is 1. The van der Waals surface area contributed by atoms with Crippen molar-refractivity contribution in [2.75, 3.05) is 14.2 Å². The predicted octanol–water partition coefficient (Wildman–Crippen LogP) is 4.23. The van der Waals surface area contributed by atoms with Crippen LogP contribution < -0.4 is 14.8 Å². The number of hydrogen-bond acceptors (Lipinski definition) is 7. The zero-order valence-electron chi connectivity index (χ0n) is 16.5. The number of nitrogens with zero attached hydrogens (tertiary/aromatic N) is 3. The van der Waals surface area contributed by atoms with E-state index in [1.54, 1.807) is 0 Å². The summed E-state index contributed by atoms with van der Waals surface area (Å²) in [6, 6.07) is 6.38. The van der Waals surface area contributed by atoms with E-state index in [2.05, 4.69) is 25.3 Å². The van der Waals surface area contributed by atoms with Crippen LogP contribution in [0.4, 0.5) is 13.2 Å². The van der Waals surface area contributed by atoms with Crippen molar-refractivity contribution < 1.29 is 32.3 Å². The van der Waals surface area contributed by atoms with Crippen LogP contribution in [-0.2, 0) is 9.63 Å². The maximum Gasteiger partial charge on any atom is 0.273 e. The van der Waals surface area contributed by atoms with Crippen LogP contribution in [0.1, 0.15) is 5.56 Å². The van der Waals surface area contributed by atoms with E-state index in [-0.39, 0.29) is 27.8 Å². The van der Waals surface area contributed by atoms with E-state index in [1.165, 1.54) is 26.3 Å². The summed E-state index contributed by atoms with van der Waals surface area (Å²) < 4.78 is 52.7. The lowest BCUT2D eigenvalue weighted by Crippen LogP contribution is -2.29. The summed E-state index contributed by atoms with van der Waals surface area (Å²) in [4.78, 5) is 24.1. The standard InChI is InChI=1S/C20H14ClF3N4O4/c1-25-18(29)17(28-30-2)12-5-3-11(23)8-15(12)32-20-16(24)19(26-9-27-20)31-14-6-4-10(22)7-13(14)21/h3-9H,1-2H3,(H,25,29)/b28-17+. The van der Waals surface area contributed by atoms with Crippen molar-refractivity contribution in [1.82, 2.24) is 15.3 Å². The normalized spacial score (nSPS) is 11.1. The number of aromatic nitrogens is 2. The third-order valence-corrected chi connectivity index (χ3v) is 4.15. The molecule has 0 aliphatic heterocycles. The Hall–Kier alpha value is -3.86. The van der Waals surface area contributed by atoms with Gasteiger partial charge in [0.1, 0.15) is 36.6 Å². The summed E-state index contributed by atoms with van der Waals surface area (Å²) in [6.45, 7) is 0. The zero-order chi connectivity index (χ0) is 23.3. The molecule has 8 nitrogen and oxygen atoms in total. The maximum atomic E-state index is 14.9. The molecule has 2 aromatic carbocycles. The molecule has 1 N–H and O–H groups in total. The van der Waals surface area contributed by atoms with Gasteiger partial charge in [-0.3, -0.25) is 4.79 Å². The number of rotatable bonds is 7. The van der Waals surface area contributed by atoms with E-state index in [1.807, 2.05) is 0 Å². The van der Waals surface area contributed by atoms with E-state index < -0.39 is 35.1 Å². The minimum Gasteiger partial charge on any atom is -0.435 e. The largest absolute Gasteiger partial charge is 0.435 e. The van der Waals surface area contributed by atoms with Crippen molar-refractivity contribution in [1.29, 1.82) is 0 Å². The molecule has 1 heterocycles. The fraction of sp³-hybridized carbons (Fsp3) is 0.100. The number of halogens is 4. The van der Waals surface area contributed by atoms with Gasteiger partial charge >= 0.3 is 0 Å². The molecule has 0 aliphatic carbocycles. The van der Waals surface area contributed by atoms with E-state index in [9.17, 15) is 18.0 Å². The molecule has 1 amide bonds. The molecule has 0 aliphatic rings. The molecule has 3 rings (SSSR count). The molecule has 166 valence electrons. The van der Waals surface area contributed by atoms with Crippen LogP contribution in [0.3, 0.4) is 0 Å². The van der Waals surface area contributed by atoms with Gasteiger partial charge in [0.15, 0.2) is 5.71 Å². The molecule has 0 fully saturated rings. The fourth-order valence-corrected chi connectivity index (χ4v) is 2.65. The van der Waals surface area contributed by atoms with Crippen LogP contribution in [0.2, 0.25) is 5.02 Å².